The highest BCUT2D eigenvalue weighted by Crippen LogP contribution is 2.29. The highest BCUT2D eigenvalue weighted by Gasteiger charge is 2.23. The van der Waals surface area contributed by atoms with Gasteiger partial charge in [0.15, 0.2) is 0 Å². The van der Waals surface area contributed by atoms with Crippen molar-refractivity contribution in [1.29, 1.82) is 0 Å². The molecule has 8 heteroatoms. The molecule has 5 rings (SSSR count). The number of hydrogen-bond donors (Lipinski definition) is 2. The van der Waals surface area contributed by atoms with Crippen molar-refractivity contribution < 1.29 is 4.74 Å². The molecule has 0 saturated heterocycles. The number of nitrogens with one attached hydrogen (secondary N) is 2. The summed E-state index contributed by atoms with van der Waals surface area (Å²) < 4.78 is 7.88. The quantitative estimate of drug-likeness (QED) is 0.363. The molecule has 1 aliphatic carbocycles. The van der Waals surface area contributed by atoms with Crippen LogP contribution in [0.15, 0.2) is 59.7 Å². The molecule has 0 saturated carbocycles. The summed E-state index contributed by atoms with van der Waals surface area (Å²) in [5, 5.41) is 19.2. The Morgan fingerprint density at radius 2 is 1.87 bits per heavy atom. The SMILES string of the molecule is S=c1[nH]nc(-c2n[nH]c3c2CCC3)n1/N=C\c1ccc(OCc2ccccc2)cc1. The van der Waals surface area contributed by atoms with Crippen molar-refractivity contribution in [2.24, 2.45) is 5.10 Å². The second-order valence-corrected chi connectivity index (χ2v) is 7.52. The van der Waals surface area contributed by atoms with Crippen LogP contribution in [0.3, 0.4) is 0 Å². The molecule has 7 nitrogen and oxygen atoms in total. The minimum atomic E-state index is 0.429. The van der Waals surface area contributed by atoms with Gasteiger partial charge in [0.2, 0.25) is 10.6 Å². The van der Waals surface area contributed by atoms with Crippen LogP contribution in [-0.2, 0) is 19.4 Å². The van der Waals surface area contributed by atoms with E-state index in [0.717, 1.165) is 41.8 Å². The first kappa shape index (κ1) is 18.5. The van der Waals surface area contributed by atoms with Crippen LogP contribution in [-0.4, -0.2) is 31.3 Å². The van der Waals surface area contributed by atoms with Gasteiger partial charge in [-0.15, -0.1) is 0 Å². The van der Waals surface area contributed by atoms with Gasteiger partial charge in [0.1, 0.15) is 18.1 Å². The number of fused-ring (bicyclic) bond motifs is 1. The van der Waals surface area contributed by atoms with E-state index in [0.29, 0.717) is 17.2 Å². The van der Waals surface area contributed by atoms with Gasteiger partial charge in [-0.25, -0.2) is 5.10 Å². The normalized spacial score (nSPS) is 13.1. The van der Waals surface area contributed by atoms with Crippen molar-refractivity contribution in [2.45, 2.75) is 25.9 Å². The van der Waals surface area contributed by atoms with Crippen LogP contribution >= 0.6 is 12.2 Å². The molecular weight excluding hydrogens is 396 g/mol. The van der Waals surface area contributed by atoms with Gasteiger partial charge in [0.05, 0.1) is 6.21 Å². The van der Waals surface area contributed by atoms with Crippen LogP contribution in [0.4, 0.5) is 0 Å². The summed E-state index contributed by atoms with van der Waals surface area (Å²) in [5.74, 6) is 1.43. The van der Waals surface area contributed by atoms with E-state index in [1.54, 1.807) is 10.9 Å². The molecule has 30 heavy (non-hydrogen) atoms. The molecule has 0 spiro atoms. The minimum absolute atomic E-state index is 0.429. The summed E-state index contributed by atoms with van der Waals surface area (Å²) >= 11 is 5.37. The third kappa shape index (κ3) is 3.69. The Kier molecular flexibility index (Phi) is 4.98. The minimum Gasteiger partial charge on any atom is -0.489 e. The Morgan fingerprint density at radius 1 is 1.03 bits per heavy atom. The highest BCUT2D eigenvalue weighted by molar-refractivity contribution is 7.71. The van der Waals surface area contributed by atoms with Gasteiger partial charge in [0, 0.05) is 11.3 Å². The average Bonchev–Trinajstić information content (AvgIpc) is 3.49. The molecule has 0 aliphatic heterocycles. The first-order chi connectivity index (χ1) is 14.8. The summed E-state index contributed by atoms with van der Waals surface area (Å²) in [6.07, 6.45) is 4.90. The van der Waals surface area contributed by atoms with Gasteiger partial charge in [-0.2, -0.15) is 20.0 Å². The fourth-order valence-corrected chi connectivity index (χ4v) is 3.75. The number of rotatable bonds is 6. The highest BCUT2D eigenvalue weighted by atomic mass is 32.1. The van der Waals surface area contributed by atoms with Crippen molar-refractivity contribution in [2.75, 3.05) is 0 Å². The molecule has 0 atom stereocenters. The van der Waals surface area contributed by atoms with Crippen LogP contribution in [0.2, 0.25) is 0 Å². The first-order valence-corrected chi connectivity index (χ1v) is 10.2. The first-order valence-electron chi connectivity index (χ1n) is 9.83. The molecule has 0 unspecified atom stereocenters. The van der Waals surface area contributed by atoms with Crippen LogP contribution in [0.25, 0.3) is 11.5 Å². The zero-order chi connectivity index (χ0) is 20.3. The van der Waals surface area contributed by atoms with Crippen LogP contribution in [0.1, 0.15) is 28.8 Å². The molecule has 2 N–H and O–H groups in total. The second kappa shape index (κ2) is 8.08. The number of nitrogens with zero attached hydrogens (tertiary/aromatic N) is 4. The Hall–Kier alpha value is -3.52. The summed E-state index contributed by atoms with van der Waals surface area (Å²) in [6, 6.07) is 17.9. The number of H-pyrrole nitrogens is 2. The predicted octanol–water partition coefficient (Wildman–Crippen LogP) is 4.28. The van der Waals surface area contributed by atoms with E-state index in [4.69, 9.17) is 17.0 Å². The summed E-state index contributed by atoms with van der Waals surface area (Å²) in [7, 11) is 0. The van der Waals surface area contributed by atoms with E-state index in [1.807, 2.05) is 54.6 Å². The Balaban J connectivity index is 1.32. The smallest absolute Gasteiger partial charge is 0.216 e. The molecule has 150 valence electrons. The molecule has 4 aromatic rings. The topological polar surface area (TPSA) is 83.9 Å². The van der Waals surface area contributed by atoms with Gasteiger partial charge in [-0.3, -0.25) is 5.10 Å². The van der Waals surface area contributed by atoms with Gasteiger partial charge in [0.25, 0.3) is 0 Å². The maximum absolute atomic E-state index is 5.83. The monoisotopic (exact) mass is 416 g/mol. The largest absolute Gasteiger partial charge is 0.489 e. The Morgan fingerprint density at radius 3 is 2.70 bits per heavy atom. The zero-order valence-corrected chi connectivity index (χ0v) is 17.0. The van der Waals surface area contributed by atoms with Gasteiger partial charge in [-0.1, -0.05) is 30.3 Å². The van der Waals surface area contributed by atoms with E-state index in [-0.39, 0.29) is 0 Å². The number of aromatic amines is 2. The van der Waals surface area contributed by atoms with E-state index in [1.165, 1.54) is 11.3 Å². The number of aryl methyl sites for hydroxylation is 1. The van der Waals surface area contributed by atoms with E-state index < -0.39 is 0 Å². The standard InChI is InChI=1S/C22H20N6OS/c30-22-27-26-21(20-18-7-4-8-19(18)24-25-20)28(22)23-13-15-9-11-17(12-10-15)29-14-16-5-2-1-3-6-16/h1-3,5-6,9-13H,4,7-8,14H2,(H,24,25)(H,27,30)/b23-13-. The van der Waals surface area contributed by atoms with Crippen molar-refractivity contribution in [3.63, 3.8) is 0 Å². The zero-order valence-electron chi connectivity index (χ0n) is 16.2. The summed E-state index contributed by atoms with van der Waals surface area (Å²) in [5.41, 5.74) is 5.27. The molecular formula is C22H20N6OS. The van der Waals surface area contributed by atoms with Gasteiger partial charge < -0.3 is 4.74 Å². The van der Waals surface area contributed by atoms with E-state index in [9.17, 15) is 0 Å². The number of aromatic nitrogens is 5. The lowest BCUT2D eigenvalue weighted by Gasteiger charge is -2.06. The molecule has 0 fully saturated rings. The van der Waals surface area contributed by atoms with Gasteiger partial charge >= 0.3 is 0 Å². The molecule has 0 bridgehead atoms. The number of ether oxygens (including phenoxy) is 1. The number of hydrogen-bond acceptors (Lipinski definition) is 5. The molecule has 2 heterocycles. The number of benzene rings is 2. The summed E-state index contributed by atoms with van der Waals surface area (Å²) in [4.78, 5) is 0. The molecule has 0 amide bonds. The Bertz CT molecular complexity index is 1240. The fraction of sp³-hybridized carbons (Fsp3) is 0.182. The predicted molar refractivity (Wildman–Crippen MR) is 117 cm³/mol. The molecule has 1 aliphatic rings. The van der Waals surface area contributed by atoms with Gasteiger partial charge in [-0.05, 0) is 66.9 Å². The lowest BCUT2D eigenvalue weighted by atomic mass is 10.2. The summed E-state index contributed by atoms with van der Waals surface area (Å²) in [6.45, 7) is 0.538. The van der Waals surface area contributed by atoms with E-state index in [2.05, 4.69) is 25.5 Å². The average molecular weight is 417 g/mol. The van der Waals surface area contributed by atoms with Crippen LogP contribution in [0, 0.1) is 4.77 Å². The third-order valence-electron chi connectivity index (χ3n) is 5.12. The lowest BCUT2D eigenvalue weighted by Crippen LogP contribution is -1.98. The van der Waals surface area contributed by atoms with Crippen LogP contribution < -0.4 is 4.74 Å². The maximum Gasteiger partial charge on any atom is 0.216 e. The lowest BCUT2D eigenvalue weighted by molar-refractivity contribution is 0.306. The second-order valence-electron chi connectivity index (χ2n) is 7.13. The van der Waals surface area contributed by atoms with Crippen molar-refractivity contribution in [1.82, 2.24) is 25.1 Å². The van der Waals surface area contributed by atoms with Crippen molar-refractivity contribution in [3.8, 4) is 17.3 Å². The fourth-order valence-electron chi connectivity index (χ4n) is 3.57. The molecule has 0 radical (unpaired) electrons. The third-order valence-corrected chi connectivity index (χ3v) is 5.38. The van der Waals surface area contributed by atoms with Crippen LogP contribution in [0.5, 0.6) is 5.75 Å². The van der Waals surface area contributed by atoms with Crippen molar-refractivity contribution in [3.05, 3.63) is 81.8 Å². The maximum atomic E-state index is 5.83. The Labute approximate surface area is 178 Å². The molecule has 2 aromatic heterocycles. The molecule has 2 aromatic carbocycles. The van der Waals surface area contributed by atoms with Crippen molar-refractivity contribution >= 4 is 18.4 Å². The van der Waals surface area contributed by atoms with E-state index >= 15 is 0 Å².